The van der Waals surface area contributed by atoms with Crippen LogP contribution in [0.5, 0.6) is 0 Å². The maximum atomic E-state index is 11.5. The first-order valence-electron chi connectivity index (χ1n) is 4.83. The minimum atomic E-state index is -0.520. The van der Waals surface area contributed by atoms with Crippen molar-refractivity contribution < 1.29 is 4.79 Å². The van der Waals surface area contributed by atoms with E-state index in [0.29, 0.717) is 5.02 Å². The Morgan fingerprint density at radius 2 is 2.18 bits per heavy atom. The number of H-pyrrole nitrogens is 2. The second-order valence-corrected chi connectivity index (χ2v) is 3.71. The van der Waals surface area contributed by atoms with Crippen molar-refractivity contribution in [1.29, 1.82) is 0 Å². The zero-order valence-electron chi connectivity index (χ0n) is 8.66. The Balaban J connectivity index is 2.02. The molecule has 1 aromatic heterocycles. The fourth-order valence-corrected chi connectivity index (χ4v) is 1.48. The number of benzene rings is 1. The molecule has 2 aromatic rings. The van der Waals surface area contributed by atoms with Gasteiger partial charge in [-0.3, -0.25) is 9.78 Å². The largest absolute Gasteiger partial charge is 0.345 e. The number of carbonyl (C=O) groups is 1. The standard InChI is InChI=1S/C10H9ClN4O2/c11-7-4-2-1-3-6(7)5-12-9(16)8-13-10(17)15-14-8/h1-4H,5H2,(H,12,16)(H2,13,14,15,17). The third-order valence-corrected chi connectivity index (χ3v) is 2.48. The summed E-state index contributed by atoms with van der Waals surface area (Å²) >= 11 is 5.93. The van der Waals surface area contributed by atoms with Crippen LogP contribution in [0.4, 0.5) is 0 Å². The Morgan fingerprint density at radius 1 is 1.41 bits per heavy atom. The van der Waals surface area contributed by atoms with E-state index in [1.807, 2.05) is 6.07 Å². The van der Waals surface area contributed by atoms with E-state index in [4.69, 9.17) is 11.6 Å². The van der Waals surface area contributed by atoms with Crippen molar-refractivity contribution in [3.8, 4) is 0 Å². The van der Waals surface area contributed by atoms with Crippen molar-refractivity contribution in [3.05, 3.63) is 51.2 Å². The lowest BCUT2D eigenvalue weighted by molar-refractivity contribution is 0.0941. The Hall–Kier alpha value is -2.08. The van der Waals surface area contributed by atoms with Gasteiger partial charge in [0.25, 0.3) is 5.91 Å². The van der Waals surface area contributed by atoms with Gasteiger partial charge in [0.15, 0.2) is 0 Å². The summed E-state index contributed by atoms with van der Waals surface area (Å²) < 4.78 is 0. The predicted octanol–water partition coefficient (Wildman–Crippen LogP) is 0.681. The highest BCUT2D eigenvalue weighted by molar-refractivity contribution is 6.31. The summed E-state index contributed by atoms with van der Waals surface area (Å²) in [5, 5.41) is 8.79. The van der Waals surface area contributed by atoms with Gasteiger partial charge in [-0.15, -0.1) is 5.10 Å². The molecule has 1 amide bonds. The van der Waals surface area contributed by atoms with Gasteiger partial charge in [-0.25, -0.2) is 9.89 Å². The third-order valence-electron chi connectivity index (χ3n) is 2.11. The maximum absolute atomic E-state index is 11.5. The monoisotopic (exact) mass is 252 g/mol. The average Bonchev–Trinajstić information content (AvgIpc) is 2.74. The summed E-state index contributed by atoms with van der Waals surface area (Å²) in [5.41, 5.74) is 0.272. The SMILES string of the molecule is O=C(NCc1ccccc1Cl)c1n[nH]c(=O)[nH]1. The molecule has 0 aliphatic rings. The number of rotatable bonds is 3. The Morgan fingerprint density at radius 3 is 2.82 bits per heavy atom. The van der Waals surface area contributed by atoms with Gasteiger partial charge in [-0.1, -0.05) is 29.8 Å². The summed E-state index contributed by atoms with van der Waals surface area (Å²) in [4.78, 5) is 24.5. The maximum Gasteiger partial charge on any atom is 0.341 e. The van der Waals surface area contributed by atoms with Gasteiger partial charge in [-0.2, -0.15) is 0 Å². The molecule has 1 aromatic carbocycles. The van der Waals surface area contributed by atoms with Crippen molar-refractivity contribution in [3.63, 3.8) is 0 Å². The zero-order valence-corrected chi connectivity index (χ0v) is 9.41. The van der Waals surface area contributed by atoms with Crippen LogP contribution in [0.15, 0.2) is 29.1 Å². The van der Waals surface area contributed by atoms with Crippen LogP contribution in [0.1, 0.15) is 16.2 Å². The van der Waals surface area contributed by atoms with Crippen molar-refractivity contribution in [2.75, 3.05) is 0 Å². The van der Waals surface area contributed by atoms with Gasteiger partial charge >= 0.3 is 5.69 Å². The third kappa shape index (κ3) is 2.73. The average molecular weight is 253 g/mol. The van der Waals surface area contributed by atoms with E-state index in [0.717, 1.165) is 5.56 Å². The molecule has 0 atom stereocenters. The van der Waals surface area contributed by atoms with Gasteiger partial charge in [0.1, 0.15) is 0 Å². The molecule has 0 aliphatic heterocycles. The normalized spacial score (nSPS) is 10.2. The van der Waals surface area contributed by atoms with Crippen molar-refractivity contribution >= 4 is 17.5 Å². The highest BCUT2D eigenvalue weighted by atomic mass is 35.5. The number of carbonyl (C=O) groups excluding carboxylic acids is 1. The fraction of sp³-hybridized carbons (Fsp3) is 0.100. The number of amides is 1. The van der Waals surface area contributed by atoms with Crippen LogP contribution >= 0.6 is 11.6 Å². The molecule has 0 aliphatic carbocycles. The smallest absolute Gasteiger partial charge is 0.341 e. The molecule has 2 rings (SSSR count). The van der Waals surface area contributed by atoms with E-state index in [2.05, 4.69) is 20.5 Å². The van der Waals surface area contributed by atoms with E-state index in [1.54, 1.807) is 18.2 Å². The molecule has 0 fully saturated rings. The highest BCUT2D eigenvalue weighted by Crippen LogP contribution is 2.14. The summed E-state index contributed by atoms with van der Waals surface area (Å²) in [5.74, 6) is -0.523. The first-order valence-corrected chi connectivity index (χ1v) is 5.21. The summed E-state index contributed by atoms with van der Waals surface area (Å²) in [7, 11) is 0. The van der Waals surface area contributed by atoms with E-state index < -0.39 is 11.6 Å². The van der Waals surface area contributed by atoms with E-state index in [9.17, 15) is 9.59 Å². The van der Waals surface area contributed by atoms with E-state index in [-0.39, 0.29) is 12.4 Å². The number of aromatic amines is 2. The molecule has 0 unspecified atom stereocenters. The predicted molar refractivity (Wildman–Crippen MR) is 61.8 cm³/mol. The van der Waals surface area contributed by atoms with E-state index in [1.165, 1.54) is 0 Å². The van der Waals surface area contributed by atoms with E-state index >= 15 is 0 Å². The quantitative estimate of drug-likeness (QED) is 0.750. The summed E-state index contributed by atoms with van der Waals surface area (Å²) in [6.07, 6.45) is 0. The second kappa shape index (κ2) is 4.84. The van der Waals surface area contributed by atoms with Gasteiger partial charge < -0.3 is 5.32 Å². The Kier molecular flexibility index (Phi) is 3.24. The molecule has 0 radical (unpaired) electrons. The molecule has 3 N–H and O–H groups in total. The van der Waals surface area contributed by atoms with Gasteiger partial charge in [0.05, 0.1) is 0 Å². The molecule has 0 bridgehead atoms. The lowest BCUT2D eigenvalue weighted by Crippen LogP contribution is -2.24. The van der Waals surface area contributed by atoms with Gasteiger partial charge in [0, 0.05) is 11.6 Å². The molecular formula is C10H9ClN4O2. The lowest BCUT2D eigenvalue weighted by Gasteiger charge is -2.04. The first kappa shape index (κ1) is 11.4. The van der Waals surface area contributed by atoms with Gasteiger partial charge in [-0.05, 0) is 11.6 Å². The highest BCUT2D eigenvalue weighted by Gasteiger charge is 2.09. The van der Waals surface area contributed by atoms with Crippen molar-refractivity contribution in [1.82, 2.24) is 20.5 Å². The fourth-order valence-electron chi connectivity index (χ4n) is 1.28. The molecule has 1 heterocycles. The van der Waals surface area contributed by atoms with Crippen LogP contribution in [0.2, 0.25) is 5.02 Å². The molecular weight excluding hydrogens is 244 g/mol. The number of halogens is 1. The number of nitrogens with zero attached hydrogens (tertiary/aromatic N) is 1. The van der Waals surface area contributed by atoms with Crippen LogP contribution in [0.3, 0.4) is 0 Å². The molecule has 0 saturated carbocycles. The van der Waals surface area contributed by atoms with Crippen LogP contribution in [-0.2, 0) is 6.54 Å². The topological polar surface area (TPSA) is 90.6 Å². The molecule has 0 spiro atoms. The molecule has 88 valence electrons. The van der Waals surface area contributed by atoms with Crippen molar-refractivity contribution in [2.45, 2.75) is 6.54 Å². The number of hydrogen-bond donors (Lipinski definition) is 3. The van der Waals surface area contributed by atoms with Crippen LogP contribution in [-0.4, -0.2) is 21.1 Å². The Labute approximate surface area is 101 Å². The number of nitrogens with one attached hydrogen (secondary N) is 3. The summed E-state index contributed by atoms with van der Waals surface area (Å²) in [6, 6.07) is 7.16. The van der Waals surface area contributed by atoms with Crippen molar-refractivity contribution in [2.24, 2.45) is 0 Å². The number of hydrogen-bond acceptors (Lipinski definition) is 3. The zero-order chi connectivity index (χ0) is 12.3. The minimum Gasteiger partial charge on any atom is -0.345 e. The second-order valence-electron chi connectivity index (χ2n) is 3.30. The minimum absolute atomic E-state index is 0.0537. The Bertz CT molecular complexity index is 590. The van der Waals surface area contributed by atoms with Gasteiger partial charge in [0.2, 0.25) is 5.82 Å². The van der Waals surface area contributed by atoms with Crippen LogP contribution < -0.4 is 11.0 Å². The molecule has 17 heavy (non-hydrogen) atoms. The number of aromatic nitrogens is 3. The van der Waals surface area contributed by atoms with Crippen LogP contribution in [0, 0.1) is 0 Å². The molecule has 6 nitrogen and oxygen atoms in total. The van der Waals surface area contributed by atoms with Crippen LogP contribution in [0.25, 0.3) is 0 Å². The molecule has 7 heteroatoms. The summed E-state index contributed by atoms with van der Waals surface area (Å²) in [6.45, 7) is 0.271. The lowest BCUT2D eigenvalue weighted by atomic mass is 10.2. The first-order chi connectivity index (χ1) is 8.16. The molecule has 0 saturated heterocycles.